The quantitative estimate of drug-likeness (QED) is 0.863. The van der Waals surface area contributed by atoms with Gasteiger partial charge >= 0.3 is 0 Å². The fraction of sp³-hybridized carbons (Fsp3) is 0.250. The number of aliphatic hydroxyl groups is 1. The molecule has 0 radical (unpaired) electrons. The monoisotopic (exact) mass is 370 g/mol. The van der Waals surface area contributed by atoms with Crippen LogP contribution in [0, 0.1) is 5.82 Å². The van der Waals surface area contributed by atoms with E-state index < -0.39 is 11.9 Å². The maximum absolute atomic E-state index is 13.8. The molecule has 1 aliphatic heterocycles. The average Bonchev–Trinajstić information content (AvgIpc) is 2.90. The van der Waals surface area contributed by atoms with E-state index in [2.05, 4.69) is 15.9 Å². The first-order chi connectivity index (χ1) is 10.1. The number of fused-ring (bicyclic) bond motifs is 1. The summed E-state index contributed by atoms with van der Waals surface area (Å²) in [6, 6.07) is 8.30. The Hall–Kier alpha value is -1.10. The lowest BCUT2D eigenvalue weighted by molar-refractivity contribution is 0.172. The van der Waals surface area contributed by atoms with Crippen molar-refractivity contribution in [2.75, 3.05) is 6.61 Å². The van der Waals surface area contributed by atoms with Gasteiger partial charge in [0.1, 0.15) is 11.6 Å². The summed E-state index contributed by atoms with van der Waals surface area (Å²) in [6.07, 6.45) is 0.0518. The zero-order valence-corrected chi connectivity index (χ0v) is 13.4. The fourth-order valence-corrected chi connectivity index (χ4v) is 3.34. The molecule has 0 bridgehead atoms. The van der Waals surface area contributed by atoms with Crippen LogP contribution in [0.3, 0.4) is 0 Å². The summed E-state index contributed by atoms with van der Waals surface area (Å²) in [4.78, 5) is 0. The lowest BCUT2D eigenvalue weighted by Gasteiger charge is -2.16. The summed E-state index contributed by atoms with van der Waals surface area (Å²) >= 11 is 9.45. The SMILES string of the molecule is OC(Cc1c(F)cccc1Cl)c1cc(Br)cc2c1OCC2. The molecule has 0 amide bonds. The van der Waals surface area contributed by atoms with E-state index in [1.54, 1.807) is 12.1 Å². The van der Waals surface area contributed by atoms with Crippen molar-refractivity contribution >= 4 is 27.5 Å². The molecule has 1 unspecified atom stereocenters. The Labute approximate surface area is 135 Å². The van der Waals surface area contributed by atoms with E-state index in [4.69, 9.17) is 16.3 Å². The zero-order chi connectivity index (χ0) is 15.0. The normalized spacial score (nSPS) is 14.7. The first kappa shape index (κ1) is 14.8. The van der Waals surface area contributed by atoms with E-state index in [1.165, 1.54) is 6.07 Å². The van der Waals surface area contributed by atoms with Crippen molar-refractivity contribution in [1.82, 2.24) is 0 Å². The van der Waals surface area contributed by atoms with Gasteiger partial charge in [-0.3, -0.25) is 0 Å². The number of rotatable bonds is 3. The molecule has 0 saturated heterocycles. The second kappa shape index (κ2) is 5.95. The third-order valence-corrected chi connectivity index (χ3v) is 4.41. The van der Waals surface area contributed by atoms with Crippen LogP contribution in [0.5, 0.6) is 5.75 Å². The minimum absolute atomic E-state index is 0.109. The van der Waals surface area contributed by atoms with Gasteiger partial charge in [0.2, 0.25) is 0 Å². The first-order valence-corrected chi connectivity index (χ1v) is 7.79. The average molecular weight is 372 g/mol. The van der Waals surface area contributed by atoms with Crippen molar-refractivity contribution in [3.8, 4) is 5.75 Å². The van der Waals surface area contributed by atoms with Gasteiger partial charge in [0.25, 0.3) is 0 Å². The molecule has 3 rings (SSSR count). The van der Waals surface area contributed by atoms with Crippen molar-refractivity contribution in [3.63, 3.8) is 0 Å². The molecule has 0 spiro atoms. The maximum atomic E-state index is 13.8. The van der Waals surface area contributed by atoms with E-state index in [-0.39, 0.29) is 6.42 Å². The molecule has 5 heteroatoms. The van der Waals surface area contributed by atoms with Crippen LogP contribution < -0.4 is 4.74 Å². The Kier molecular flexibility index (Phi) is 4.20. The summed E-state index contributed by atoms with van der Waals surface area (Å²) in [5, 5.41) is 10.8. The van der Waals surface area contributed by atoms with Crippen LogP contribution in [0.1, 0.15) is 22.8 Å². The Morgan fingerprint density at radius 3 is 2.95 bits per heavy atom. The summed E-state index contributed by atoms with van der Waals surface area (Å²) in [5.41, 5.74) is 2.03. The molecule has 1 aliphatic rings. The van der Waals surface area contributed by atoms with Crippen molar-refractivity contribution in [2.24, 2.45) is 0 Å². The Bertz CT molecular complexity index is 670. The Morgan fingerprint density at radius 1 is 1.38 bits per heavy atom. The maximum Gasteiger partial charge on any atom is 0.128 e. The molecule has 110 valence electrons. The van der Waals surface area contributed by atoms with Gasteiger partial charge < -0.3 is 9.84 Å². The molecular weight excluding hydrogens is 359 g/mol. The van der Waals surface area contributed by atoms with E-state index in [0.29, 0.717) is 28.5 Å². The summed E-state index contributed by atoms with van der Waals surface area (Å²) in [5.74, 6) is 0.298. The predicted molar refractivity (Wildman–Crippen MR) is 83.4 cm³/mol. The lowest BCUT2D eigenvalue weighted by atomic mass is 9.98. The third kappa shape index (κ3) is 2.93. The summed E-state index contributed by atoms with van der Waals surface area (Å²) in [7, 11) is 0. The fourth-order valence-electron chi connectivity index (χ4n) is 2.58. The van der Waals surface area contributed by atoms with Crippen LogP contribution in [-0.2, 0) is 12.8 Å². The highest BCUT2D eigenvalue weighted by Gasteiger charge is 2.23. The number of aliphatic hydroxyl groups excluding tert-OH is 1. The van der Waals surface area contributed by atoms with Gasteiger partial charge in [0, 0.05) is 33.5 Å². The van der Waals surface area contributed by atoms with Crippen LogP contribution in [0.25, 0.3) is 0 Å². The van der Waals surface area contributed by atoms with Gasteiger partial charge in [-0.15, -0.1) is 0 Å². The highest BCUT2D eigenvalue weighted by atomic mass is 79.9. The molecule has 0 fully saturated rings. The minimum atomic E-state index is -0.872. The van der Waals surface area contributed by atoms with Gasteiger partial charge in [0.15, 0.2) is 0 Å². The van der Waals surface area contributed by atoms with Crippen molar-refractivity contribution in [3.05, 3.63) is 62.3 Å². The van der Waals surface area contributed by atoms with Crippen molar-refractivity contribution in [1.29, 1.82) is 0 Å². The van der Waals surface area contributed by atoms with Crippen LogP contribution in [0.15, 0.2) is 34.8 Å². The van der Waals surface area contributed by atoms with Gasteiger partial charge in [0.05, 0.1) is 12.7 Å². The van der Waals surface area contributed by atoms with Crippen LogP contribution >= 0.6 is 27.5 Å². The second-order valence-electron chi connectivity index (χ2n) is 5.00. The molecule has 1 N–H and O–H groups in total. The molecule has 1 heterocycles. The Balaban J connectivity index is 1.95. The van der Waals surface area contributed by atoms with Gasteiger partial charge in [-0.1, -0.05) is 33.6 Å². The number of hydrogen-bond acceptors (Lipinski definition) is 2. The van der Waals surface area contributed by atoms with Gasteiger partial charge in [-0.25, -0.2) is 4.39 Å². The standard InChI is InChI=1S/C16H13BrClFO2/c17-10-6-9-4-5-21-16(9)12(7-10)15(20)8-11-13(18)2-1-3-14(11)19/h1-3,6-7,15,20H,4-5,8H2. The van der Waals surface area contributed by atoms with E-state index in [1.807, 2.05) is 12.1 Å². The molecule has 0 aliphatic carbocycles. The molecule has 0 saturated carbocycles. The number of ether oxygens (including phenoxy) is 1. The van der Waals surface area contributed by atoms with Crippen molar-refractivity contribution in [2.45, 2.75) is 18.9 Å². The molecular formula is C16H13BrClFO2. The van der Waals surface area contributed by atoms with E-state index >= 15 is 0 Å². The minimum Gasteiger partial charge on any atom is -0.493 e. The second-order valence-corrected chi connectivity index (χ2v) is 6.32. The topological polar surface area (TPSA) is 29.5 Å². The molecule has 21 heavy (non-hydrogen) atoms. The predicted octanol–water partition coefficient (Wildman–Crippen LogP) is 4.45. The largest absolute Gasteiger partial charge is 0.493 e. The highest BCUT2D eigenvalue weighted by Crippen LogP contribution is 2.38. The molecule has 2 aromatic carbocycles. The number of benzene rings is 2. The van der Waals surface area contributed by atoms with Crippen LogP contribution in [0.4, 0.5) is 4.39 Å². The van der Waals surface area contributed by atoms with Crippen LogP contribution in [0.2, 0.25) is 5.02 Å². The van der Waals surface area contributed by atoms with Crippen molar-refractivity contribution < 1.29 is 14.2 Å². The molecule has 1 atom stereocenters. The third-order valence-electron chi connectivity index (χ3n) is 3.60. The first-order valence-electron chi connectivity index (χ1n) is 6.62. The van der Waals surface area contributed by atoms with Gasteiger partial charge in [-0.05, 0) is 29.8 Å². The highest BCUT2D eigenvalue weighted by molar-refractivity contribution is 9.10. The summed E-state index contributed by atoms with van der Waals surface area (Å²) < 4.78 is 20.3. The lowest BCUT2D eigenvalue weighted by Crippen LogP contribution is -2.06. The number of hydrogen-bond donors (Lipinski definition) is 1. The number of halogens is 3. The Morgan fingerprint density at radius 2 is 2.19 bits per heavy atom. The molecule has 2 aromatic rings. The van der Waals surface area contributed by atoms with Crippen LogP contribution in [-0.4, -0.2) is 11.7 Å². The molecule has 0 aromatic heterocycles. The van der Waals surface area contributed by atoms with E-state index in [0.717, 1.165) is 16.5 Å². The smallest absolute Gasteiger partial charge is 0.128 e. The van der Waals surface area contributed by atoms with Gasteiger partial charge in [-0.2, -0.15) is 0 Å². The van der Waals surface area contributed by atoms with E-state index in [9.17, 15) is 9.50 Å². The zero-order valence-electron chi connectivity index (χ0n) is 11.1. The summed E-state index contributed by atoms with van der Waals surface area (Å²) in [6.45, 7) is 0.603. The molecule has 2 nitrogen and oxygen atoms in total.